The van der Waals surface area contributed by atoms with Crippen LogP contribution in [0.2, 0.25) is 0 Å². The second kappa shape index (κ2) is 6.65. The minimum absolute atomic E-state index is 0.773. The van der Waals surface area contributed by atoms with Crippen molar-refractivity contribution in [2.75, 3.05) is 11.9 Å². The molecule has 0 spiro atoms. The zero-order valence-corrected chi connectivity index (χ0v) is 11.7. The molecule has 2 aromatic heterocycles. The lowest BCUT2D eigenvalue weighted by atomic mass is 10.1. The first-order valence-corrected chi connectivity index (χ1v) is 7.01. The number of hydrogen-bond acceptors (Lipinski definition) is 4. The average Bonchev–Trinajstić information content (AvgIpc) is 3.07. The Balaban J connectivity index is 1.59. The van der Waals surface area contributed by atoms with E-state index >= 15 is 0 Å². The van der Waals surface area contributed by atoms with Gasteiger partial charge in [-0.05, 0) is 30.5 Å². The molecule has 0 aliphatic rings. The standard InChI is InChI=1S/C16H17N5/c1-2-6-14(7-3-1)8-4-10-18-15-9-5-11-19-16(15)21-13-17-12-20-21/h1-3,5-7,9,11-13,18H,4,8,10H2. The van der Waals surface area contributed by atoms with Crippen LogP contribution in [0.1, 0.15) is 12.0 Å². The predicted octanol–water partition coefficient (Wildman–Crippen LogP) is 2.71. The largest absolute Gasteiger partial charge is 0.382 e. The molecule has 2 heterocycles. The second-order valence-electron chi connectivity index (χ2n) is 4.73. The monoisotopic (exact) mass is 279 g/mol. The fourth-order valence-electron chi connectivity index (χ4n) is 2.20. The molecular formula is C16H17N5. The van der Waals surface area contributed by atoms with Gasteiger partial charge in [0.05, 0.1) is 5.69 Å². The minimum Gasteiger partial charge on any atom is -0.382 e. The van der Waals surface area contributed by atoms with Gasteiger partial charge in [0.1, 0.15) is 12.7 Å². The van der Waals surface area contributed by atoms with Gasteiger partial charge in [-0.25, -0.2) is 14.6 Å². The highest BCUT2D eigenvalue weighted by atomic mass is 15.3. The summed E-state index contributed by atoms with van der Waals surface area (Å²) in [6, 6.07) is 14.4. The van der Waals surface area contributed by atoms with Crippen LogP contribution in [-0.4, -0.2) is 26.3 Å². The third-order valence-corrected chi connectivity index (χ3v) is 3.22. The van der Waals surface area contributed by atoms with Gasteiger partial charge in [0.2, 0.25) is 0 Å². The van der Waals surface area contributed by atoms with Crippen LogP contribution in [0.15, 0.2) is 61.3 Å². The molecule has 0 aliphatic heterocycles. The van der Waals surface area contributed by atoms with E-state index in [4.69, 9.17) is 0 Å². The van der Waals surface area contributed by atoms with Crippen LogP contribution in [0, 0.1) is 0 Å². The van der Waals surface area contributed by atoms with Crippen molar-refractivity contribution in [3.8, 4) is 5.82 Å². The minimum atomic E-state index is 0.773. The quantitative estimate of drug-likeness (QED) is 0.705. The fraction of sp³-hybridized carbons (Fsp3) is 0.188. The van der Waals surface area contributed by atoms with Gasteiger partial charge >= 0.3 is 0 Å². The van der Waals surface area contributed by atoms with Crippen molar-refractivity contribution in [2.45, 2.75) is 12.8 Å². The Morgan fingerprint density at radius 2 is 1.95 bits per heavy atom. The molecule has 0 atom stereocenters. The molecular weight excluding hydrogens is 262 g/mol. The van der Waals surface area contributed by atoms with E-state index in [1.807, 2.05) is 18.2 Å². The number of aromatic nitrogens is 4. The van der Waals surface area contributed by atoms with Gasteiger partial charge in [0, 0.05) is 12.7 Å². The Hall–Kier alpha value is -2.69. The summed E-state index contributed by atoms with van der Waals surface area (Å²) in [5.74, 6) is 0.773. The number of hydrogen-bond donors (Lipinski definition) is 1. The van der Waals surface area contributed by atoms with E-state index in [9.17, 15) is 0 Å². The molecule has 21 heavy (non-hydrogen) atoms. The van der Waals surface area contributed by atoms with Crippen molar-refractivity contribution in [1.29, 1.82) is 0 Å². The average molecular weight is 279 g/mol. The van der Waals surface area contributed by atoms with Crippen LogP contribution in [0.5, 0.6) is 0 Å². The molecule has 5 nitrogen and oxygen atoms in total. The molecule has 0 bridgehead atoms. The molecule has 3 aromatic rings. The number of pyridine rings is 1. The van der Waals surface area contributed by atoms with Crippen molar-refractivity contribution < 1.29 is 0 Å². The van der Waals surface area contributed by atoms with Crippen LogP contribution in [-0.2, 0) is 6.42 Å². The smallest absolute Gasteiger partial charge is 0.178 e. The number of aryl methyl sites for hydroxylation is 1. The third-order valence-electron chi connectivity index (χ3n) is 3.22. The van der Waals surface area contributed by atoms with Gasteiger partial charge in [-0.15, -0.1) is 0 Å². The van der Waals surface area contributed by atoms with E-state index in [2.05, 4.69) is 44.6 Å². The predicted molar refractivity (Wildman–Crippen MR) is 82.4 cm³/mol. The van der Waals surface area contributed by atoms with E-state index in [0.29, 0.717) is 0 Å². The summed E-state index contributed by atoms with van der Waals surface area (Å²) in [4.78, 5) is 8.32. The molecule has 1 N–H and O–H groups in total. The summed E-state index contributed by atoms with van der Waals surface area (Å²) in [6.45, 7) is 0.891. The van der Waals surface area contributed by atoms with Gasteiger partial charge in [-0.2, -0.15) is 5.10 Å². The molecule has 0 saturated heterocycles. The normalized spacial score (nSPS) is 10.5. The Labute approximate surface area is 123 Å². The lowest BCUT2D eigenvalue weighted by molar-refractivity contribution is 0.832. The topological polar surface area (TPSA) is 55.6 Å². The Kier molecular flexibility index (Phi) is 4.21. The van der Waals surface area contributed by atoms with Gasteiger partial charge in [-0.3, -0.25) is 0 Å². The summed E-state index contributed by atoms with van der Waals surface area (Å²) in [7, 11) is 0. The van der Waals surface area contributed by atoms with Crippen molar-refractivity contribution in [2.24, 2.45) is 0 Å². The second-order valence-corrected chi connectivity index (χ2v) is 4.73. The van der Waals surface area contributed by atoms with Crippen LogP contribution in [0.25, 0.3) is 5.82 Å². The number of rotatable bonds is 6. The van der Waals surface area contributed by atoms with E-state index in [1.54, 1.807) is 17.2 Å². The molecule has 3 rings (SSSR count). The summed E-state index contributed by atoms with van der Waals surface area (Å²) in [5, 5.41) is 7.55. The Morgan fingerprint density at radius 3 is 2.76 bits per heavy atom. The first-order chi connectivity index (χ1) is 10.4. The summed E-state index contributed by atoms with van der Waals surface area (Å²) >= 11 is 0. The van der Waals surface area contributed by atoms with E-state index in [-0.39, 0.29) is 0 Å². The Morgan fingerprint density at radius 1 is 1.05 bits per heavy atom. The van der Waals surface area contributed by atoms with Crippen LogP contribution in [0.3, 0.4) is 0 Å². The zero-order valence-electron chi connectivity index (χ0n) is 11.7. The molecule has 0 unspecified atom stereocenters. The summed E-state index contributed by atoms with van der Waals surface area (Å²) in [6.07, 6.45) is 7.04. The third kappa shape index (κ3) is 3.45. The number of anilines is 1. The SMILES string of the molecule is c1ccc(CCCNc2cccnc2-n2cncn2)cc1. The lowest BCUT2D eigenvalue weighted by Gasteiger charge is -2.10. The number of benzene rings is 1. The van der Waals surface area contributed by atoms with Crippen molar-refractivity contribution >= 4 is 5.69 Å². The van der Waals surface area contributed by atoms with Gasteiger partial charge in [0.25, 0.3) is 0 Å². The first kappa shape index (κ1) is 13.3. The van der Waals surface area contributed by atoms with E-state index in [1.165, 1.54) is 11.9 Å². The van der Waals surface area contributed by atoms with E-state index in [0.717, 1.165) is 30.9 Å². The highest BCUT2D eigenvalue weighted by molar-refractivity contribution is 5.55. The maximum Gasteiger partial charge on any atom is 0.178 e. The molecule has 0 saturated carbocycles. The molecule has 106 valence electrons. The van der Waals surface area contributed by atoms with Gasteiger partial charge in [0.15, 0.2) is 5.82 Å². The highest BCUT2D eigenvalue weighted by Crippen LogP contribution is 2.15. The van der Waals surface area contributed by atoms with Gasteiger partial charge < -0.3 is 5.32 Å². The van der Waals surface area contributed by atoms with Crippen molar-refractivity contribution in [3.05, 3.63) is 66.9 Å². The lowest BCUT2D eigenvalue weighted by Crippen LogP contribution is -2.08. The fourth-order valence-corrected chi connectivity index (χ4v) is 2.20. The van der Waals surface area contributed by atoms with Crippen LogP contribution < -0.4 is 5.32 Å². The molecule has 0 aliphatic carbocycles. The highest BCUT2D eigenvalue weighted by Gasteiger charge is 2.05. The van der Waals surface area contributed by atoms with Crippen LogP contribution >= 0.6 is 0 Å². The Bertz CT molecular complexity index is 664. The summed E-state index contributed by atoms with van der Waals surface area (Å²) < 4.78 is 1.67. The number of nitrogens with one attached hydrogen (secondary N) is 1. The van der Waals surface area contributed by atoms with Crippen molar-refractivity contribution in [3.63, 3.8) is 0 Å². The summed E-state index contributed by atoms with van der Waals surface area (Å²) in [5.41, 5.74) is 2.33. The van der Waals surface area contributed by atoms with Crippen molar-refractivity contribution in [1.82, 2.24) is 19.7 Å². The van der Waals surface area contributed by atoms with Crippen LogP contribution in [0.4, 0.5) is 5.69 Å². The van der Waals surface area contributed by atoms with E-state index < -0.39 is 0 Å². The molecule has 0 radical (unpaired) electrons. The molecule has 0 amide bonds. The maximum absolute atomic E-state index is 4.36. The van der Waals surface area contributed by atoms with Gasteiger partial charge in [-0.1, -0.05) is 30.3 Å². The molecule has 1 aromatic carbocycles. The molecule has 0 fully saturated rings. The maximum atomic E-state index is 4.36. The first-order valence-electron chi connectivity index (χ1n) is 7.01. The zero-order chi connectivity index (χ0) is 14.3. The number of nitrogens with zero attached hydrogens (tertiary/aromatic N) is 4. The molecule has 5 heteroatoms.